The lowest BCUT2D eigenvalue weighted by atomic mass is 9.71. The number of halogens is 1. The zero-order valence-electron chi connectivity index (χ0n) is 16.0. The minimum atomic E-state index is -0.884. The van der Waals surface area contributed by atoms with Crippen molar-refractivity contribution < 1.29 is 23.5 Å². The molecule has 4 rings (SSSR count). The smallest absolute Gasteiger partial charge is 0.308 e. The van der Waals surface area contributed by atoms with E-state index in [9.17, 15) is 9.59 Å². The van der Waals surface area contributed by atoms with Crippen molar-refractivity contribution in [2.45, 2.75) is 19.3 Å². The first kappa shape index (κ1) is 20.1. The van der Waals surface area contributed by atoms with Gasteiger partial charge in [-0.15, -0.1) is 0 Å². The summed E-state index contributed by atoms with van der Waals surface area (Å²) in [6.07, 6.45) is 0. The number of benzene rings is 2. The number of anilines is 1. The molecule has 2 heterocycles. The average molecular weight is 442 g/mol. The van der Waals surface area contributed by atoms with Crippen LogP contribution >= 0.6 is 23.8 Å². The molecule has 0 amide bonds. The van der Waals surface area contributed by atoms with E-state index in [1.807, 2.05) is 24.3 Å². The molecule has 0 aliphatic carbocycles. The predicted molar refractivity (Wildman–Crippen MR) is 115 cm³/mol. The number of nitrogens with one attached hydrogen (secondary N) is 1. The standard InChI is InChI=1S/C22H16ClNO5S/c1-12(25)27-16-7-3-14(4-8-16)22(15-5-9-17(10-6-15)28-13(2)26)18-11-19(23)29-20(18)24-21(22)30/h3-11H,1-2H3,(H,24,30). The van der Waals surface area contributed by atoms with Crippen molar-refractivity contribution >= 4 is 46.6 Å². The van der Waals surface area contributed by atoms with Crippen molar-refractivity contribution in [3.63, 3.8) is 0 Å². The van der Waals surface area contributed by atoms with Crippen LogP contribution in [0.15, 0.2) is 59.0 Å². The highest BCUT2D eigenvalue weighted by Gasteiger charge is 2.49. The minimum absolute atomic E-state index is 0.229. The normalized spacial score (nSPS) is 14.0. The first-order valence-corrected chi connectivity index (χ1v) is 9.78. The molecule has 8 heteroatoms. The molecular formula is C22H16ClNO5S. The van der Waals surface area contributed by atoms with Crippen LogP contribution in [0, 0.1) is 0 Å². The van der Waals surface area contributed by atoms with Gasteiger partial charge in [0.05, 0.1) is 0 Å². The van der Waals surface area contributed by atoms with E-state index in [2.05, 4.69) is 5.32 Å². The van der Waals surface area contributed by atoms with E-state index >= 15 is 0 Å². The van der Waals surface area contributed by atoms with E-state index in [1.165, 1.54) is 13.8 Å². The van der Waals surface area contributed by atoms with Gasteiger partial charge in [0.25, 0.3) is 0 Å². The van der Waals surface area contributed by atoms with Crippen LogP contribution in [0.3, 0.4) is 0 Å². The second-order valence-corrected chi connectivity index (χ2v) is 7.51. The number of carbonyl (C=O) groups is 2. The van der Waals surface area contributed by atoms with Gasteiger partial charge >= 0.3 is 11.9 Å². The van der Waals surface area contributed by atoms with Gasteiger partial charge < -0.3 is 19.2 Å². The number of hydrogen-bond acceptors (Lipinski definition) is 6. The van der Waals surface area contributed by atoms with Gasteiger partial charge in [0, 0.05) is 25.5 Å². The van der Waals surface area contributed by atoms with Crippen molar-refractivity contribution in [1.29, 1.82) is 0 Å². The summed E-state index contributed by atoms with van der Waals surface area (Å²) in [6.45, 7) is 2.69. The largest absolute Gasteiger partial charge is 0.429 e. The molecule has 0 spiro atoms. The molecule has 0 atom stereocenters. The maximum atomic E-state index is 11.2. The lowest BCUT2D eigenvalue weighted by Crippen LogP contribution is -2.35. The number of fused-ring (bicyclic) bond motifs is 1. The zero-order valence-corrected chi connectivity index (χ0v) is 17.6. The summed E-state index contributed by atoms with van der Waals surface area (Å²) in [4.78, 5) is 23.0. The molecule has 1 N–H and O–H groups in total. The summed E-state index contributed by atoms with van der Waals surface area (Å²) in [5.41, 5.74) is 1.53. The van der Waals surface area contributed by atoms with Crippen molar-refractivity contribution in [3.8, 4) is 11.5 Å². The quantitative estimate of drug-likeness (QED) is 0.351. The van der Waals surface area contributed by atoms with Crippen LogP contribution in [0.5, 0.6) is 11.5 Å². The molecule has 0 saturated carbocycles. The second-order valence-electron chi connectivity index (χ2n) is 6.73. The third kappa shape index (κ3) is 3.36. The van der Waals surface area contributed by atoms with Gasteiger partial charge in [-0.25, -0.2) is 0 Å². The number of esters is 2. The summed E-state index contributed by atoms with van der Waals surface area (Å²) in [6, 6.07) is 15.9. The van der Waals surface area contributed by atoms with E-state index in [4.69, 9.17) is 37.7 Å². The fourth-order valence-electron chi connectivity index (χ4n) is 3.67. The highest BCUT2D eigenvalue weighted by Crippen LogP contribution is 2.50. The van der Waals surface area contributed by atoms with Crippen molar-refractivity contribution in [2.24, 2.45) is 0 Å². The fourth-order valence-corrected chi connectivity index (χ4v) is 4.29. The minimum Gasteiger partial charge on any atom is -0.429 e. The molecule has 1 aromatic heterocycles. The molecule has 1 aliphatic rings. The summed E-state index contributed by atoms with van der Waals surface area (Å²) >= 11 is 11.9. The van der Waals surface area contributed by atoms with Gasteiger partial charge in [0.15, 0.2) is 5.22 Å². The van der Waals surface area contributed by atoms with Gasteiger partial charge in [-0.1, -0.05) is 36.5 Å². The van der Waals surface area contributed by atoms with Gasteiger partial charge in [-0.3, -0.25) is 9.59 Å². The molecule has 0 saturated heterocycles. The van der Waals surface area contributed by atoms with Gasteiger partial charge in [-0.05, 0) is 47.0 Å². The maximum Gasteiger partial charge on any atom is 0.308 e. The highest BCUT2D eigenvalue weighted by atomic mass is 35.5. The number of ether oxygens (including phenoxy) is 2. The molecule has 0 fully saturated rings. The van der Waals surface area contributed by atoms with Crippen LogP contribution in [0.4, 0.5) is 5.88 Å². The monoisotopic (exact) mass is 441 g/mol. The number of thiocarbonyl (C=S) groups is 1. The highest BCUT2D eigenvalue weighted by molar-refractivity contribution is 7.80. The summed E-state index contributed by atoms with van der Waals surface area (Å²) in [5.74, 6) is 0.516. The first-order chi connectivity index (χ1) is 14.3. The Kier molecular flexibility index (Phi) is 5.09. The van der Waals surface area contributed by atoms with Gasteiger partial charge in [0.1, 0.15) is 21.9 Å². The lowest BCUT2D eigenvalue weighted by Gasteiger charge is -2.30. The summed E-state index contributed by atoms with van der Waals surface area (Å²) in [7, 11) is 0. The van der Waals surface area contributed by atoms with Crippen LogP contribution < -0.4 is 14.8 Å². The van der Waals surface area contributed by atoms with Crippen LogP contribution in [-0.4, -0.2) is 16.9 Å². The Labute approximate surface area is 182 Å². The molecule has 152 valence electrons. The molecule has 2 aromatic carbocycles. The van der Waals surface area contributed by atoms with Crippen LogP contribution in [0.25, 0.3) is 0 Å². The van der Waals surface area contributed by atoms with Crippen molar-refractivity contribution in [2.75, 3.05) is 5.32 Å². The van der Waals surface area contributed by atoms with E-state index in [1.54, 1.807) is 30.3 Å². The third-order valence-corrected chi connectivity index (χ3v) is 5.37. The molecular weight excluding hydrogens is 426 g/mol. The van der Waals surface area contributed by atoms with Gasteiger partial charge in [-0.2, -0.15) is 0 Å². The molecule has 30 heavy (non-hydrogen) atoms. The topological polar surface area (TPSA) is 77.8 Å². The fraction of sp³-hybridized carbons (Fsp3) is 0.136. The molecule has 0 unspecified atom stereocenters. The maximum absolute atomic E-state index is 11.2. The number of rotatable bonds is 4. The Hall–Kier alpha value is -3.16. The van der Waals surface area contributed by atoms with E-state index in [0.717, 1.165) is 16.7 Å². The molecule has 3 aromatic rings. The number of furan rings is 1. The van der Waals surface area contributed by atoms with Crippen LogP contribution in [0.1, 0.15) is 30.5 Å². The second kappa shape index (κ2) is 7.59. The van der Waals surface area contributed by atoms with Crippen molar-refractivity contribution in [3.05, 3.63) is 76.5 Å². The average Bonchev–Trinajstić information content (AvgIpc) is 3.16. The molecule has 6 nitrogen and oxygen atoms in total. The van der Waals surface area contributed by atoms with Crippen LogP contribution in [-0.2, 0) is 15.0 Å². The Bertz CT molecular complexity index is 1090. The first-order valence-electron chi connectivity index (χ1n) is 9.00. The zero-order chi connectivity index (χ0) is 21.5. The van der Waals surface area contributed by atoms with E-state index in [-0.39, 0.29) is 5.22 Å². The molecule has 0 bridgehead atoms. The van der Waals surface area contributed by atoms with E-state index in [0.29, 0.717) is 22.4 Å². The lowest BCUT2D eigenvalue weighted by molar-refractivity contribution is -0.132. The van der Waals surface area contributed by atoms with Crippen molar-refractivity contribution in [1.82, 2.24) is 0 Å². The van der Waals surface area contributed by atoms with E-state index < -0.39 is 17.4 Å². The van der Waals surface area contributed by atoms with Crippen LogP contribution in [0.2, 0.25) is 5.22 Å². The Balaban J connectivity index is 1.87. The predicted octanol–water partition coefficient (Wildman–Crippen LogP) is 4.87. The molecule has 0 radical (unpaired) electrons. The third-order valence-electron chi connectivity index (χ3n) is 4.77. The Morgan fingerprint density at radius 1 is 0.933 bits per heavy atom. The Morgan fingerprint density at radius 3 is 1.83 bits per heavy atom. The molecule has 1 aliphatic heterocycles. The summed E-state index contributed by atoms with van der Waals surface area (Å²) in [5, 5.41) is 3.34. The number of carbonyl (C=O) groups excluding carboxylic acids is 2. The number of hydrogen-bond donors (Lipinski definition) is 1. The Morgan fingerprint density at radius 2 is 1.40 bits per heavy atom. The summed E-state index contributed by atoms with van der Waals surface area (Å²) < 4.78 is 15.9. The SMILES string of the molecule is CC(=O)Oc1ccc(C2(c3ccc(OC(C)=O)cc3)C(=S)Nc3oc(Cl)cc32)cc1. The van der Waals surface area contributed by atoms with Gasteiger partial charge in [0.2, 0.25) is 5.88 Å².